The number of carbonyl (C=O) groups excluding carboxylic acids is 1. The lowest BCUT2D eigenvalue weighted by Crippen LogP contribution is -2.34. The maximum absolute atomic E-state index is 13.0. The Labute approximate surface area is 171 Å². The van der Waals surface area contributed by atoms with Crippen molar-refractivity contribution in [2.45, 2.75) is 52.4 Å². The number of hydrogen-bond acceptors (Lipinski definition) is 5. The largest absolute Gasteiger partial charge is 0.356 e. The zero-order chi connectivity index (χ0) is 20.3. The van der Waals surface area contributed by atoms with Crippen LogP contribution in [0, 0.1) is 18.8 Å². The van der Waals surface area contributed by atoms with Crippen LogP contribution in [0.2, 0.25) is 0 Å². The standard InChI is InChI=1S/C22H30N6O/c1-13-23-17-7-5-6-16(17)20(24-13)27-9-14-11-28(12-15(14)10-27)21(29)18-8-19(26-25-18)22(2,3)4/h8,14-15H,5-7,9-12H2,1-4H3,(H,25,26). The van der Waals surface area contributed by atoms with Gasteiger partial charge in [0.15, 0.2) is 0 Å². The summed E-state index contributed by atoms with van der Waals surface area (Å²) < 4.78 is 0. The maximum Gasteiger partial charge on any atom is 0.274 e. The predicted molar refractivity (Wildman–Crippen MR) is 111 cm³/mol. The number of H-pyrrole nitrogens is 1. The van der Waals surface area contributed by atoms with Crippen molar-refractivity contribution >= 4 is 11.7 Å². The monoisotopic (exact) mass is 394 g/mol. The Kier molecular flexibility index (Phi) is 4.19. The maximum atomic E-state index is 13.0. The van der Waals surface area contributed by atoms with Crippen LogP contribution in [-0.2, 0) is 18.3 Å². The number of aromatic amines is 1. The van der Waals surface area contributed by atoms with Gasteiger partial charge in [-0.3, -0.25) is 9.89 Å². The molecular weight excluding hydrogens is 364 g/mol. The Bertz CT molecular complexity index is 945. The van der Waals surface area contributed by atoms with Crippen molar-refractivity contribution in [1.29, 1.82) is 0 Å². The van der Waals surface area contributed by atoms with E-state index in [4.69, 9.17) is 4.98 Å². The molecule has 5 rings (SSSR count). The molecule has 0 bridgehead atoms. The quantitative estimate of drug-likeness (QED) is 0.847. The molecule has 29 heavy (non-hydrogen) atoms. The van der Waals surface area contributed by atoms with Crippen molar-refractivity contribution in [2.75, 3.05) is 31.1 Å². The number of nitrogens with zero attached hydrogens (tertiary/aromatic N) is 5. The van der Waals surface area contributed by atoms with E-state index in [0.717, 1.165) is 56.4 Å². The summed E-state index contributed by atoms with van der Waals surface area (Å²) in [7, 11) is 0. The van der Waals surface area contributed by atoms with Gasteiger partial charge in [-0.25, -0.2) is 9.97 Å². The van der Waals surface area contributed by atoms with E-state index in [1.54, 1.807) is 0 Å². The first-order valence-corrected chi connectivity index (χ1v) is 10.8. The number of fused-ring (bicyclic) bond motifs is 2. The molecule has 2 saturated heterocycles. The number of anilines is 1. The van der Waals surface area contributed by atoms with Crippen molar-refractivity contribution in [3.05, 3.63) is 34.5 Å². The van der Waals surface area contributed by atoms with E-state index in [0.29, 0.717) is 17.5 Å². The molecule has 0 aromatic carbocycles. The summed E-state index contributed by atoms with van der Waals surface area (Å²) in [6.45, 7) is 11.9. The van der Waals surface area contributed by atoms with Crippen molar-refractivity contribution in [3.8, 4) is 0 Å². The second kappa shape index (κ2) is 6.54. The van der Waals surface area contributed by atoms with Gasteiger partial charge in [-0.15, -0.1) is 0 Å². The SMILES string of the molecule is Cc1nc2c(c(N3CC4CN(C(=O)c5cc(C(C)(C)C)[nH]n5)CC4C3)n1)CCC2. The molecule has 0 spiro atoms. The molecule has 1 amide bonds. The Balaban J connectivity index is 1.28. The summed E-state index contributed by atoms with van der Waals surface area (Å²) in [6.07, 6.45) is 3.36. The molecule has 154 valence electrons. The molecule has 2 unspecified atom stereocenters. The fourth-order valence-corrected chi connectivity index (χ4v) is 5.10. The first kappa shape index (κ1) is 18.6. The van der Waals surface area contributed by atoms with E-state index in [1.807, 2.05) is 17.9 Å². The Morgan fingerprint density at radius 3 is 2.48 bits per heavy atom. The molecule has 7 heteroatoms. The van der Waals surface area contributed by atoms with Gasteiger partial charge in [0.2, 0.25) is 0 Å². The van der Waals surface area contributed by atoms with Gasteiger partial charge < -0.3 is 9.80 Å². The van der Waals surface area contributed by atoms with Crippen LogP contribution in [0.25, 0.3) is 0 Å². The van der Waals surface area contributed by atoms with Gasteiger partial charge >= 0.3 is 0 Å². The molecule has 2 atom stereocenters. The number of likely N-dealkylation sites (tertiary alicyclic amines) is 1. The molecule has 2 aromatic heterocycles. The third kappa shape index (κ3) is 3.20. The number of hydrogen-bond donors (Lipinski definition) is 1. The smallest absolute Gasteiger partial charge is 0.274 e. The minimum absolute atomic E-state index is 0.0382. The van der Waals surface area contributed by atoms with E-state index in [9.17, 15) is 4.79 Å². The van der Waals surface area contributed by atoms with Crippen LogP contribution in [-0.4, -0.2) is 57.2 Å². The number of carbonyl (C=O) groups is 1. The number of amides is 1. The second-order valence-electron chi connectivity index (χ2n) is 9.93. The molecule has 3 aliphatic rings. The molecule has 0 radical (unpaired) electrons. The third-order valence-corrected chi connectivity index (χ3v) is 6.70. The lowest BCUT2D eigenvalue weighted by molar-refractivity contribution is 0.0776. The number of rotatable bonds is 2. The average Bonchev–Trinajstić information content (AvgIpc) is 3.40. The van der Waals surface area contributed by atoms with Gasteiger partial charge in [0.25, 0.3) is 5.91 Å². The fraction of sp³-hybridized carbons (Fsp3) is 0.636. The zero-order valence-electron chi connectivity index (χ0n) is 17.8. The van der Waals surface area contributed by atoms with Gasteiger partial charge in [0.05, 0.1) is 0 Å². The number of aromatic nitrogens is 4. The third-order valence-electron chi connectivity index (χ3n) is 6.70. The highest BCUT2D eigenvalue weighted by atomic mass is 16.2. The summed E-state index contributed by atoms with van der Waals surface area (Å²) >= 11 is 0. The average molecular weight is 395 g/mol. The minimum atomic E-state index is -0.0382. The molecule has 4 heterocycles. The molecule has 7 nitrogen and oxygen atoms in total. The van der Waals surface area contributed by atoms with Crippen LogP contribution in [0.4, 0.5) is 5.82 Å². The van der Waals surface area contributed by atoms with Crippen LogP contribution in [0.3, 0.4) is 0 Å². The topological polar surface area (TPSA) is 78.0 Å². The summed E-state index contributed by atoms with van der Waals surface area (Å²) in [5.41, 5.74) is 4.10. The van der Waals surface area contributed by atoms with Crippen molar-refractivity contribution in [2.24, 2.45) is 11.8 Å². The highest BCUT2D eigenvalue weighted by Crippen LogP contribution is 2.37. The van der Waals surface area contributed by atoms with Crippen LogP contribution < -0.4 is 4.90 Å². The van der Waals surface area contributed by atoms with Crippen LogP contribution >= 0.6 is 0 Å². The number of aryl methyl sites for hydroxylation is 2. The fourth-order valence-electron chi connectivity index (χ4n) is 5.10. The minimum Gasteiger partial charge on any atom is -0.356 e. The Morgan fingerprint density at radius 1 is 1.10 bits per heavy atom. The molecule has 1 N–H and O–H groups in total. The second-order valence-corrected chi connectivity index (χ2v) is 9.93. The van der Waals surface area contributed by atoms with Crippen LogP contribution in [0.1, 0.15) is 60.5 Å². The van der Waals surface area contributed by atoms with Gasteiger partial charge in [-0.2, -0.15) is 5.10 Å². The van der Waals surface area contributed by atoms with Gasteiger partial charge in [0, 0.05) is 60.4 Å². The van der Waals surface area contributed by atoms with Crippen LogP contribution in [0.5, 0.6) is 0 Å². The van der Waals surface area contributed by atoms with E-state index >= 15 is 0 Å². The molecule has 2 fully saturated rings. The Morgan fingerprint density at radius 2 is 1.83 bits per heavy atom. The van der Waals surface area contributed by atoms with Gasteiger partial charge in [0.1, 0.15) is 17.3 Å². The first-order valence-electron chi connectivity index (χ1n) is 10.8. The summed E-state index contributed by atoms with van der Waals surface area (Å²) in [5.74, 6) is 3.10. The van der Waals surface area contributed by atoms with Crippen molar-refractivity contribution in [1.82, 2.24) is 25.1 Å². The molecule has 2 aromatic rings. The van der Waals surface area contributed by atoms with E-state index in [2.05, 4.69) is 40.9 Å². The van der Waals surface area contributed by atoms with Gasteiger partial charge in [-0.05, 0) is 32.3 Å². The first-order chi connectivity index (χ1) is 13.8. The molecule has 2 aliphatic heterocycles. The lowest BCUT2D eigenvalue weighted by atomic mass is 9.92. The van der Waals surface area contributed by atoms with E-state index in [-0.39, 0.29) is 11.3 Å². The highest BCUT2D eigenvalue weighted by molar-refractivity contribution is 5.92. The van der Waals surface area contributed by atoms with E-state index in [1.165, 1.54) is 17.7 Å². The Hall–Kier alpha value is -2.44. The summed E-state index contributed by atoms with van der Waals surface area (Å²) in [4.78, 5) is 26.9. The summed E-state index contributed by atoms with van der Waals surface area (Å²) in [6, 6.07) is 1.91. The molecule has 0 saturated carbocycles. The molecular formula is C22H30N6O. The van der Waals surface area contributed by atoms with E-state index < -0.39 is 0 Å². The lowest BCUT2D eigenvalue weighted by Gasteiger charge is -2.24. The highest BCUT2D eigenvalue weighted by Gasteiger charge is 2.43. The van der Waals surface area contributed by atoms with Crippen molar-refractivity contribution in [3.63, 3.8) is 0 Å². The van der Waals surface area contributed by atoms with Crippen molar-refractivity contribution < 1.29 is 4.79 Å². The summed E-state index contributed by atoms with van der Waals surface area (Å²) in [5, 5.41) is 7.33. The van der Waals surface area contributed by atoms with Crippen LogP contribution in [0.15, 0.2) is 6.07 Å². The van der Waals surface area contributed by atoms with Gasteiger partial charge in [-0.1, -0.05) is 20.8 Å². The predicted octanol–water partition coefficient (Wildman–Crippen LogP) is 2.50. The zero-order valence-corrected chi connectivity index (χ0v) is 17.8. The normalized spacial score (nSPS) is 23.6. The number of nitrogens with one attached hydrogen (secondary N) is 1. The molecule has 1 aliphatic carbocycles.